The van der Waals surface area contributed by atoms with Gasteiger partial charge in [0.2, 0.25) is 0 Å². The highest BCUT2D eigenvalue weighted by molar-refractivity contribution is 6.31. The molecular weight excluding hydrogens is 444 g/mol. The molecule has 0 saturated heterocycles. The fraction of sp³-hybridized carbons (Fsp3) is 0.200. The molecule has 0 unspecified atom stereocenters. The summed E-state index contributed by atoms with van der Waals surface area (Å²) in [5.41, 5.74) is 4.07. The number of anilines is 2. The van der Waals surface area contributed by atoms with Gasteiger partial charge < -0.3 is 25.2 Å². The zero-order valence-corrected chi connectivity index (χ0v) is 19.3. The summed E-state index contributed by atoms with van der Waals surface area (Å²) in [7, 11) is 1.50. The summed E-state index contributed by atoms with van der Waals surface area (Å²) in [4.78, 5) is 23.6. The van der Waals surface area contributed by atoms with Crippen LogP contribution in [0.2, 0.25) is 5.02 Å². The molecule has 172 valence electrons. The van der Waals surface area contributed by atoms with Gasteiger partial charge in [-0.05, 0) is 55.3 Å². The van der Waals surface area contributed by atoms with Gasteiger partial charge >= 0.3 is 5.97 Å². The summed E-state index contributed by atoms with van der Waals surface area (Å²) in [6.45, 7) is 3.84. The van der Waals surface area contributed by atoms with Crippen LogP contribution in [0, 0.1) is 13.8 Å². The highest BCUT2D eigenvalue weighted by Crippen LogP contribution is 2.34. The fourth-order valence-electron chi connectivity index (χ4n) is 3.21. The molecule has 3 aromatic carbocycles. The number of carboxylic acid groups (broad SMARTS) is 1. The quantitative estimate of drug-likeness (QED) is 0.394. The number of methoxy groups -OCH3 is 1. The maximum Gasteiger partial charge on any atom is 0.336 e. The number of ether oxygens (including phenoxy) is 2. The SMILES string of the molecule is COc1cc(CNc2cccc(C(=O)O)c2C)c(Cl)cc1OCC(=O)Nc1ccc(C)cc1. The monoisotopic (exact) mass is 468 g/mol. The third-order valence-electron chi connectivity index (χ3n) is 5.06. The van der Waals surface area contributed by atoms with Gasteiger partial charge in [-0.15, -0.1) is 0 Å². The molecule has 1 amide bonds. The molecule has 0 fully saturated rings. The van der Waals surface area contributed by atoms with Crippen LogP contribution < -0.4 is 20.1 Å². The van der Waals surface area contributed by atoms with Crippen LogP contribution in [0.3, 0.4) is 0 Å². The van der Waals surface area contributed by atoms with E-state index in [1.807, 2.05) is 31.2 Å². The van der Waals surface area contributed by atoms with Crippen LogP contribution in [0.1, 0.15) is 27.0 Å². The number of amides is 1. The van der Waals surface area contributed by atoms with Crippen molar-refractivity contribution in [2.75, 3.05) is 24.4 Å². The van der Waals surface area contributed by atoms with Crippen LogP contribution in [-0.4, -0.2) is 30.7 Å². The number of carbonyl (C=O) groups excluding carboxylic acids is 1. The average Bonchev–Trinajstić information content (AvgIpc) is 2.79. The van der Waals surface area contributed by atoms with Crippen molar-refractivity contribution in [2.24, 2.45) is 0 Å². The molecule has 33 heavy (non-hydrogen) atoms. The third kappa shape index (κ3) is 6.17. The Morgan fingerprint density at radius 1 is 1.03 bits per heavy atom. The van der Waals surface area contributed by atoms with E-state index in [-0.39, 0.29) is 18.1 Å². The second kappa shape index (κ2) is 10.7. The van der Waals surface area contributed by atoms with E-state index in [1.165, 1.54) is 7.11 Å². The Morgan fingerprint density at radius 3 is 2.42 bits per heavy atom. The van der Waals surface area contributed by atoms with Crippen molar-refractivity contribution in [3.05, 3.63) is 81.9 Å². The first-order valence-electron chi connectivity index (χ1n) is 10.2. The Hall–Kier alpha value is -3.71. The summed E-state index contributed by atoms with van der Waals surface area (Å²) >= 11 is 6.44. The number of carbonyl (C=O) groups is 2. The molecule has 0 aliphatic carbocycles. The molecule has 0 aliphatic heterocycles. The second-order valence-corrected chi connectivity index (χ2v) is 7.84. The Labute approximate surface area is 197 Å². The number of hydrogen-bond donors (Lipinski definition) is 3. The lowest BCUT2D eigenvalue weighted by molar-refractivity contribution is -0.118. The molecular formula is C25H25ClN2O5. The van der Waals surface area contributed by atoms with Crippen molar-refractivity contribution in [1.82, 2.24) is 0 Å². The minimum Gasteiger partial charge on any atom is -0.493 e. The molecule has 0 aliphatic rings. The summed E-state index contributed by atoms with van der Waals surface area (Å²) in [5, 5.41) is 15.7. The first kappa shape index (κ1) is 23.9. The van der Waals surface area contributed by atoms with Crippen LogP contribution in [-0.2, 0) is 11.3 Å². The highest BCUT2D eigenvalue weighted by atomic mass is 35.5. The summed E-state index contributed by atoms with van der Waals surface area (Å²) in [6, 6.07) is 15.8. The minimum absolute atomic E-state index is 0.209. The van der Waals surface area contributed by atoms with E-state index in [2.05, 4.69) is 10.6 Å². The van der Waals surface area contributed by atoms with Crippen molar-refractivity contribution < 1.29 is 24.2 Å². The first-order valence-corrected chi connectivity index (χ1v) is 10.6. The maximum absolute atomic E-state index is 12.2. The number of nitrogens with one attached hydrogen (secondary N) is 2. The zero-order valence-electron chi connectivity index (χ0n) is 18.6. The van der Waals surface area contributed by atoms with E-state index in [9.17, 15) is 14.7 Å². The lowest BCUT2D eigenvalue weighted by Gasteiger charge is -2.16. The summed E-state index contributed by atoms with van der Waals surface area (Å²) < 4.78 is 11.0. The number of rotatable bonds is 9. The van der Waals surface area contributed by atoms with E-state index in [0.29, 0.717) is 40.0 Å². The van der Waals surface area contributed by atoms with Crippen LogP contribution in [0.25, 0.3) is 0 Å². The number of carboxylic acids is 1. The number of halogens is 1. The lowest BCUT2D eigenvalue weighted by Crippen LogP contribution is -2.20. The Kier molecular flexibility index (Phi) is 7.79. The number of hydrogen-bond acceptors (Lipinski definition) is 5. The molecule has 0 radical (unpaired) electrons. The molecule has 0 atom stereocenters. The number of aryl methyl sites for hydroxylation is 1. The van der Waals surface area contributed by atoms with Gasteiger partial charge in [-0.3, -0.25) is 4.79 Å². The molecule has 0 bridgehead atoms. The van der Waals surface area contributed by atoms with Crippen LogP contribution >= 0.6 is 11.6 Å². The van der Waals surface area contributed by atoms with E-state index in [0.717, 1.165) is 11.1 Å². The van der Waals surface area contributed by atoms with Gasteiger partial charge in [0, 0.05) is 29.0 Å². The van der Waals surface area contributed by atoms with Crippen molar-refractivity contribution in [3.8, 4) is 11.5 Å². The van der Waals surface area contributed by atoms with Gasteiger partial charge in [0.1, 0.15) is 0 Å². The molecule has 0 aromatic heterocycles. The highest BCUT2D eigenvalue weighted by Gasteiger charge is 2.14. The fourth-order valence-corrected chi connectivity index (χ4v) is 3.43. The Balaban J connectivity index is 1.67. The molecule has 8 heteroatoms. The Morgan fingerprint density at radius 2 is 1.76 bits per heavy atom. The molecule has 0 saturated carbocycles. The van der Waals surface area contributed by atoms with Gasteiger partial charge in [-0.1, -0.05) is 35.4 Å². The molecule has 0 heterocycles. The Bertz CT molecular complexity index is 1160. The smallest absolute Gasteiger partial charge is 0.336 e. The average molecular weight is 469 g/mol. The van der Waals surface area contributed by atoms with E-state index < -0.39 is 5.97 Å². The van der Waals surface area contributed by atoms with E-state index in [1.54, 1.807) is 37.3 Å². The van der Waals surface area contributed by atoms with Gasteiger partial charge in [-0.2, -0.15) is 0 Å². The summed E-state index contributed by atoms with van der Waals surface area (Å²) in [5.74, 6) is -0.523. The maximum atomic E-state index is 12.2. The standard InChI is InChI=1S/C25H25ClN2O5/c1-15-7-9-18(10-8-15)28-24(29)14-33-23-12-20(26)17(11-22(23)32-3)13-27-21-6-4-5-19(16(21)2)25(30)31/h4-12,27H,13-14H2,1-3H3,(H,28,29)(H,30,31). The van der Waals surface area contributed by atoms with E-state index >= 15 is 0 Å². The molecule has 3 N–H and O–H groups in total. The van der Waals surface area contributed by atoms with Crippen molar-refractivity contribution in [1.29, 1.82) is 0 Å². The second-order valence-electron chi connectivity index (χ2n) is 7.43. The minimum atomic E-state index is -0.983. The van der Waals surface area contributed by atoms with Gasteiger partial charge in [0.25, 0.3) is 5.91 Å². The van der Waals surface area contributed by atoms with Crippen LogP contribution in [0.5, 0.6) is 11.5 Å². The number of aromatic carboxylic acids is 1. The third-order valence-corrected chi connectivity index (χ3v) is 5.41. The van der Waals surface area contributed by atoms with Crippen molar-refractivity contribution in [2.45, 2.75) is 20.4 Å². The first-order chi connectivity index (χ1) is 15.8. The summed E-state index contributed by atoms with van der Waals surface area (Å²) in [6.07, 6.45) is 0. The van der Waals surface area contributed by atoms with E-state index in [4.69, 9.17) is 21.1 Å². The topological polar surface area (TPSA) is 96.9 Å². The predicted octanol–water partition coefficient (Wildman–Crippen LogP) is 5.29. The number of benzene rings is 3. The molecule has 3 aromatic rings. The molecule has 7 nitrogen and oxygen atoms in total. The lowest BCUT2D eigenvalue weighted by atomic mass is 10.1. The van der Waals surface area contributed by atoms with Crippen molar-refractivity contribution in [3.63, 3.8) is 0 Å². The largest absolute Gasteiger partial charge is 0.493 e. The van der Waals surface area contributed by atoms with Crippen LogP contribution in [0.15, 0.2) is 54.6 Å². The van der Waals surface area contributed by atoms with Crippen molar-refractivity contribution >= 4 is 34.9 Å². The molecule has 3 rings (SSSR count). The zero-order chi connectivity index (χ0) is 24.0. The predicted molar refractivity (Wildman–Crippen MR) is 129 cm³/mol. The van der Waals surface area contributed by atoms with Crippen LogP contribution in [0.4, 0.5) is 11.4 Å². The molecule has 0 spiro atoms. The van der Waals surface area contributed by atoms with Gasteiger partial charge in [-0.25, -0.2) is 4.79 Å². The van der Waals surface area contributed by atoms with Gasteiger partial charge in [0.15, 0.2) is 18.1 Å². The normalized spacial score (nSPS) is 10.4. The van der Waals surface area contributed by atoms with Gasteiger partial charge in [0.05, 0.1) is 12.7 Å².